The van der Waals surface area contributed by atoms with Crippen molar-refractivity contribution in [1.29, 1.82) is 5.26 Å². The fourth-order valence-electron chi connectivity index (χ4n) is 1.91. The van der Waals surface area contributed by atoms with Gasteiger partial charge in [-0.05, 0) is 26.0 Å². The van der Waals surface area contributed by atoms with Crippen LogP contribution in [0.4, 0.5) is 5.69 Å². The first-order valence-electron chi connectivity index (χ1n) is 5.90. The number of nitrogens with one attached hydrogen (secondary N) is 1. The van der Waals surface area contributed by atoms with Crippen LogP contribution >= 0.6 is 11.3 Å². The third-order valence-electron chi connectivity index (χ3n) is 2.88. The minimum atomic E-state index is 0.148. The van der Waals surface area contributed by atoms with Crippen LogP contribution < -0.4 is 10.1 Å². The summed E-state index contributed by atoms with van der Waals surface area (Å²) in [6.07, 6.45) is 0. The molecule has 98 valence electrons. The van der Waals surface area contributed by atoms with E-state index in [1.807, 2.05) is 18.5 Å². The fraction of sp³-hybridized carbons (Fsp3) is 0.286. The zero-order valence-electron chi connectivity index (χ0n) is 11.1. The maximum Gasteiger partial charge on any atom is 0.143 e. The van der Waals surface area contributed by atoms with E-state index in [-0.39, 0.29) is 6.04 Å². The van der Waals surface area contributed by atoms with Crippen molar-refractivity contribution >= 4 is 17.0 Å². The summed E-state index contributed by atoms with van der Waals surface area (Å²) in [5, 5.41) is 12.3. The molecule has 0 radical (unpaired) electrons. The van der Waals surface area contributed by atoms with Gasteiger partial charge in [0.05, 0.1) is 41.7 Å². The summed E-state index contributed by atoms with van der Waals surface area (Å²) in [5.41, 5.74) is 4.35. The van der Waals surface area contributed by atoms with E-state index < -0.39 is 0 Å². The number of nitriles is 1. The molecule has 1 atom stereocenters. The van der Waals surface area contributed by atoms with Gasteiger partial charge in [0.15, 0.2) is 0 Å². The maximum atomic E-state index is 8.88. The van der Waals surface area contributed by atoms with Gasteiger partial charge in [0, 0.05) is 10.9 Å². The Bertz CT molecular complexity index is 615. The number of aromatic nitrogens is 1. The lowest BCUT2D eigenvalue weighted by molar-refractivity contribution is 0.416. The number of anilines is 1. The van der Waals surface area contributed by atoms with E-state index in [1.165, 1.54) is 4.88 Å². The lowest BCUT2D eigenvalue weighted by atomic mass is 10.1. The van der Waals surface area contributed by atoms with Crippen molar-refractivity contribution in [3.8, 4) is 11.8 Å². The minimum Gasteiger partial charge on any atom is -0.495 e. The van der Waals surface area contributed by atoms with Gasteiger partial charge >= 0.3 is 0 Å². The Morgan fingerprint density at radius 1 is 1.47 bits per heavy atom. The second-order valence-electron chi connectivity index (χ2n) is 4.19. The molecule has 1 aromatic carbocycles. The highest BCUT2D eigenvalue weighted by Crippen LogP contribution is 2.31. The Labute approximate surface area is 116 Å². The maximum absolute atomic E-state index is 8.88. The Morgan fingerprint density at radius 2 is 2.26 bits per heavy atom. The number of benzene rings is 1. The van der Waals surface area contributed by atoms with Gasteiger partial charge in [-0.1, -0.05) is 0 Å². The summed E-state index contributed by atoms with van der Waals surface area (Å²) in [4.78, 5) is 5.45. The van der Waals surface area contributed by atoms with Crippen molar-refractivity contribution in [1.82, 2.24) is 4.98 Å². The Balaban J connectivity index is 2.24. The highest BCUT2D eigenvalue weighted by atomic mass is 32.1. The molecule has 0 saturated heterocycles. The molecule has 0 spiro atoms. The minimum absolute atomic E-state index is 0.148. The average molecular weight is 273 g/mol. The largest absolute Gasteiger partial charge is 0.495 e. The van der Waals surface area contributed by atoms with Crippen LogP contribution in [0.2, 0.25) is 0 Å². The number of rotatable bonds is 4. The molecule has 1 heterocycles. The molecule has 0 saturated carbocycles. The summed E-state index contributed by atoms with van der Waals surface area (Å²) in [6.45, 7) is 4.08. The van der Waals surface area contributed by atoms with Crippen LogP contribution in [0.15, 0.2) is 23.7 Å². The van der Waals surface area contributed by atoms with Crippen LogP contribution in [0, 0.1) is 18.3 Å². The number of aryl methyl sites for hydroxylation is 1. The van der Waals surface area contributed by atoms with Gasteiger partial charge in [-0.25, -0.2) is 4.98 Å². The van der Waals surface area contributed by atoms with Crippen LogP contribution in [0.1, 0.15) is 29.1 Å². The zero-order valence-corrected chi connectivity index (χ0v) is 11.9. The molecule has 0 amide bonds. The summed E-state index contributed by atoms with van der Waals surface area (Å²) >= 11 is 1.63. The first-order valence-corrected chi connectivity index (χ1v) is 6.78. The van der Waals surface area contributed by atoms with E-state index in [0.29, 0.717) is 11.3 Å². The molecule has 19 heavy (non-hydrogen) atoms. The van der Waals surface area contributed by atoms with Gasteiger partial charge in [-0.15, -0.1) is 11.3 Å². The smallest absolute Gasteiger partial charge is 0.143 e. The number of ether oxygens (including phenoxy) is 1. The third kappa shape index (κ3) is 2.85. The molecule has 1 aromatic heterocycles. The Morgan fingerprint density at radius 3 is 2.84 bits per heavy atom. The molecule has 0 aliphatic rings. The lowest BCUT2D eigenvalue weighted by Crippen LogP contribution is -2.07. The lowest BCUT2D eigenvalue weighted by Gasteiger charge is -2.17. The predicted molar refractivity (Wildman–Crippen MR) is 76.6 cm³/mol. The average Bonchev–Trinajstić information content (AvgIpc) is 2.85. The van der Waals surface area contributed by atoms with Gasteiger partial charge in [-0.2, -0.15) is 5.26 Å². The molecule has 0 bridgehead atoms. The van der Waals surface area contributed by atoms with Crippen molar-refractivity contribution in [3.63, 3.8) is 0 Å². The molecule has 4 nitrogen and oxygen atoms in total. The van der Waals surface area contributed by atoms with Crippen molar-refractivity contribution in [2.24, 2.45) is 0 Å². The number of thiazole rings is 1. The molecule has 1 N–H and O–H groups in total. The monoisotopic (exact) mass is 273 g/mol. The van der Waals surface area contributed by atoms with Gasteiger partial charge < -0.3 is 10.1 Å². The number of methoxy groups -OCH3 is 1. The van der Waals surface area contributed by atoms with Crippen molar-refractivity contribution in [3.05, 3.63) is 39.8 Å². The van der Waals surface area contributed by atoms with Crippen molar-refractivity contribution in [2.45, 2.75) is 19.9 Å². The quantitative estimate of drug-likeness (QED) is 0.926. The molecular formula is C14H15N3OS. The van der Waals surface area contributed by atoms with E-state index >= 15 is 0 Å². The molecule has 5 heteroatoms. The summed E-state index contributed by atoms with van der Waals surface area (Å²) in [5.74, 6) is 0.674. The number of hydrogen-bond acceptors (Lipinski definition) is 5. The van der Waals surface area contributed by atoms with Gasteiger partial charge in [0.2, 0.25) is 0 Å². The highest BCUT2D eigenvalue weighted by molar-refractivity contribution is 7.09. The van der Waals surface area contributed by atoms with Gasteiger partial charge in [0.1, 0.15) is 5.75 Å². The molecule has 0 fully saturated rings. The van der Waals surface area contributed by atoms with E-state index in [9.17, 15) is 0 Å². The van der Waals surface area contributed by atoms with Gasteiger partial charge in [-0.3, -0.25) is 0 Å². The Kier molecular flexibility index (Phi) is 4.03. The van der Waals surface area contributed by atoms with E-state index in [0.717, 1.165) is 11.4 Å². The Hall–Kier alpha value is -2.06. The van der Waals surface area contributed by atoms with E-state index in [4.69, 9.17) is 10.00 Å². The normalized spacial score (nSPS) is 11.7. The second kappa shape index (κ2) is 5.72. The predicted octanol–water partition coefficient (Wildman–Crippen LogP) is 3.50. The van der Waals surface area contributed by atoms with Crippen LogP contribution in [0.3, 0.4) is 0 Å². The standard InChI is InChI=1S/C14H15N3OS/c1-9-14(19-8-16-9)10(2)17-12-5-4-11(7-15)6-13(12)18-3/h4-6,8,10,17H,1-3H3. The molecule has 0 aliphatic heterocycles. The van der Waals surface area contributed by atoms with E-state index in [2.05, 4.69) is 23.3 Å². The van der Waals surface area contributed by atoms with Crippen LogP contribution in [-0.2, 0) is 0 Å². The molecule has 2 rings (SSSR count). The third-order valence-corrected chi connectivity index (χ3v) is 3.99. The SMILES string of the molecule is COc1cc(C#N)ccc1NC(C)c1scnc1C. The van der Waals surface area contributed by atoms with Crippen LogP contribution in [0.5, 0.6) is 5.75 Å². The van der Waals surface area contributed by atoms with Crippen molar-refractivity contribution < 1.29 is 4.74 Å². The topological polar surface area (TPSA) is 57.9 Å². The van der Waals surface area contributed by atoms with Crippen molar-refractivity contribution in [2.75, 3.05) is 12.4 Å². The molecular weight excluding hydrogens is 258 g/mol. The molecule has 0 aliphatic carbocycles. The molecule has 1 unspecified atom stereocenters. The summed E-state index contributed by atoms with van der Waals surface area (Å²) in [7, 11) is 1.60. The second-order valence-corrected chi connectivity index (χ2v) is 5.08. The number of nitrogens with zero attached hydrogens (tertiary/aromatic N) is 2. The van der Waals surface area contributed by atoms with E-state index in [1.54, 1.807) is 30.6 Å². The van der Waals surface area contributed by atoms with Crippen LogP contribution in [-0.4, -0.2) is 12.1 Å². The first-order chi connectivity index (χ1) is 9.15. The summed E-state index contributed by atoms with van der Waals surface area (Å²) in [6, 6.07) is 7.62. The number of hydrogen-bond donors (Lipinski definition) is 1. The molecule has 2 aromatic rings. The first kappa shape index (κ1) is 13.4. The zero-order chi connectivity index (χ0) is 13.8. The van der Waals surface area contributed by atoms with Crippen LogP contribution in [0.25, 0.3) is 0 Å². The fourth-order valence-corrected chi connectivity index (χ4v) is 2.72. The highest BCUT2D eigenvalue weighted by Gasteiger charge is 2.13. The summed E-state index contributed by atoms with van der Waals surface area (Å²) < 4.78 is 5.31. The van der Waals surface area contributed by atoms with Gasteiger partial charge in [0.25, 0.3) is 0 Å².